The van der Waals surface area contributed by atoms with Crippen molar-refractivity contribution in [2.24, 2.45) is 0 Å². The fraction of sp³-hybridized carbons (Fsp3) is 0.250. The topological polar surface area (TPSA) is 116 Å². The van der Waals surface area contributed by atoms with Crippen LogP contribution >= 0.6 is 11.6 Å². The molecule has 20 heavy (non-hydrogen) atoms. The van der Waals surface area contributed by atoms with Crippen molar-refractivity contribution in [3.8, 4) is 0 Å². The molecule has 8 heteroatoms. The van der Waals surface area contributed by atoms with Gasteiger partial charge in [0.1, 0.15) is 6.04 Å². The van der Waals surface area contributed by atoms with E-state index in [1.807, 2.05) is 0 Å². The molecule has 0 saturated heterocycles. The molecule has 4 N–H and O–H groups in total. The second-order valence-electron chi connectivity index (χ2n) is 3.90. The molecule has 7 nitrogen and oxygen atoms in total. The smallest absolute Gasteiger partial charge is 0.326 e. The van der Waals surface area contributed by atoms with Crippen molar-refractivity contribution in [2.45, 2.75) is 18.9 Å². The van der Waals surface area contributed by atoms with Gasteiger partial charge in [0.2, 0.25) is 0 Å². The summed E-state index contributed by atoms with van der Waals surface area (Å²) in [6, 6.07) is 4.40. The fourth-order valence-electron chi connectivity index (χ4n) is 1.40. The average Bonchev–Trinajstić information content (AvgIpc) is 2.36. The van der Waals surface area contributed by atoms with E-state index in [1.165, 1.54) is 0 Å². The summed E-state index contributed by atoms with van der Waals surface area (Å²) in [6.07, 6.45) is -0.566. The Hall–Kier alpha value is -2.28. The highest BCUT2D eigenvalue weighted by molar-refractivity contribution is 6.33. The molecule has 1 aromatic carbocycles. The van der Waals surface area contributed by atoms with E-state index in [0.29, 0.717) is 10.7 Å². The Morgan fingerprint density at radius 1 is 1.20 bits per heavy atom. The van der Waals surface area contributed by atoms with Crippen LogP contribution in [0.25, 0.3) is 0 Å². The average molecular weight is 301 g/mol. The number of aliphatic carboxylic acids is 2. The maximum absolute atomic E-state index is 11.6. The molecule has 1 aromatic rings. The number of nitrogens with one attached hydrogen (secondary N) is 2. The number of amides is 2. The Bertz CT molecular complexity index is 520. The molecule has 0 aliphatic heterocycles. The molecule has 0 fully saturated rings. The fourth-order valence-corrected chi connectivity index (χ4v) is 1.59. The number of carbonyl (C=O) groups is 3. The van der Waals surface area contributed by atoms with Crippen LogP contribution in [0.1, 0.15) is 12.8 Å². The van der Waals surface area contributed by atoms with E-state index in [4.69, 9.17) is 21.8 Å². The first-order valence-electron chi connectivity index (χ1n) is 5.67. The van der Waals surface area contributed by atoms with Gasteiger partial charge in [0.15, 0.2) is 0 Å². The van der Waals surface area contributed by atoms with Crippen molar-refractivity contribution in [3.63, 3.8) is 0 Å². The molecule has 1 unspecified atom stereocenters. The van der Waals surface area contributed by atoms with Gasteiger partial charge in [0, 0.05) is 6.42 Å². The van der Waals surface area contributed by atoms with E-state index < -0.39 is 24.0 Å². The number of urea groups is 1. The third-order valence-electron chi connectivity index (χ3n) is 2.37. The van der Waals surface area contributed by atoms with E-state index in [1.54, 1.807) is 24.3 Å². The van der Waals surface area contributed by atoms with E-state index in [2.05, 4.69) is 10.6 Å². The molecule has 0 aromatic heterocycles. The molecule has 108 valence electrons. The molecule has 0 aliphatic carbocycles. The zero-order valence-corrected chi connectivity index (χ0v) is 11.1. The first-order valence-corrected chi connectivity index (χ1v) is 6.04. The number of carboxylic acid groups (broad SMARTS) is 2. The van der Waals surface area contributed by atoms with E-state index in [0.717, 1.165) is 0 Å². The summed E-state index contributed by atoms with van der Waals surface area (Å²) in [7, 11) is 0. The molecule has 0 spiro atoms. The summed E-state index contributed by atoms with van der Waals surface area (Å²) in [5, 5.41) is 22.3. The van der Waals surface area contributed by atoms with Crippen LogP contribution in [0.15, 0.2) is 24.3 Å². The highest BCUT2D eigenvalue weighted by Gasteiger charge is 2.21. The second kappa shape index (κ2) is 7.34. The summed E-state index contributed by atoms with van der Waals surface area (Å²) in [5.41, 5.74) is 0.328. The number of benzene rings is 1. The SMILES string of the molecule is O=C(O)CCC(NC(=O)Nc1ccccc1Cl)C(=O)O. The van der Waals surface area contributed by atoms with Gasteiger partial charge < -0.3 is 20.8 Å². The lowest BCUT2D eigenvalue weighted by atomic mass is 10.1. The van der Waals surface area contributed by atoms with Crippen molar-refractivity contribution in [1.82, 2.24) is 5.32 Å². The van der Waals surface area contributed by atoms with Crippen molar-refractivity contribution >= 4 is 35.3 Å². The van der Waals surface area contributed by atoms with Crippen molar-refractivity contribution < 1.29 is 24.6 Å². The normalized spacial score (nSPS) is 11.4. The van der Waals surface area contributed by atoms with E-state index >= 15 is 0 Å². The first kappa shape index (κ1) is 15.8. The van der Waals surface area contributed by atoms with E-state index in [9.17, 15) is 14.4 Å². The first-order chi connectivity index (χ1) is 9.40. The van der Waals surface area contributed by atoms with Gasteiger partial charge in [-0.15, -0.1) is 0 Å². The van der Waals surface area contributed by atoms with Crippen LogP contribution < -0.4 is 10.6 Å². The number of anilines is 1. The molecule has 1 rings (SSSR count). The number of para-hydroxylation sites is 1. The zero-order valence-electron chi connectivity index (χ0n) is 10.3. The molecule has 0 bridgehead atoms. The molecular formula is C12H13ClN2O5. The predicted molar refractivity (Wildman–Crippen MR) is 71.9 cm³/mol. The third kappa shape index (κ3) is 5.15. The minimum atomic E-state index is -1.31. The second-order valence-corrected chi connectivity index (χ2v) is 4.31. The molecule has 0 heterocycles. The Morgan fingerprint density at radius 2 is 1.85 bits per heavy atom. The highest BCUT2D eigenvalue weighted by atomic mass is 35.5. The van der Waals surface area contributed by atoms with Crippen molar-refractivity contribution in [3.05, 3.63) is 29.3 Å². The lowest BCUT2D eigenvalue weighted by Gasteiger charge is -2.14. The van der Waals surface area contributed by atoms with Gasteiger partial charge in [-0.25, -0.2) is 9.59 Å². The van der Waals surface area contributed by atoms with Crippen LogP contribution in [0.2, 0.25) is 5.02 Å². The van der Waals surface area contributed by atoms with Gasteiger partial charge in [-0.3, -0.25) is 4.79 Å². The van der Waals surface area contributed by atoms with Crippen LogP contribution in [0.5, 0.6) is 0 Å². The minimum absolute atomic E-state index is 0.208. The highest BCUT2D eigenvalue weighted by Crippen LogP contribution is 2.20. The summed E-state index contributed by atoms with van der Waals surface area (Å²) in [6.45, 7) is 0. The maximum Gasteiger partial charge on any atom is 0.326 e. The zero-order chi connectivity index (χ0) is 15.1. The number of halogens is 1. The number of carboxylic acids is 2. The standard InChI is InChI=1S/C12H13ClN2O5/c13-7-3-1-2-4-8(7)14-12(20)15-9(11(18)19)5-6-10(16)17/h1-4,9H,5-6H2,(H,16,17)(H,18,19)(H2,14,15,20). The van der Waals surface area contributed by atoms with Gasteiger partial charge in [-0.05, 0) is 18.6 Å². The van der Waals surface area contributed by atoms with Crippen molar-refractivity contribution in [1.29, 1.82) is 0 Å². The largest absolute Gasteiger partial charge is 0.481 e. The van der Waals surface area contributed by atoms with Crippen molar-refractivity contribution in [2.75, 3.05) is 5.32 Å². The molecular weight excluding hydrogens is 288 g/mol. The molecule has 0 radical (unpaired) electrons. The number of carbonyl (C=O) groups excluding carboxylic acids is 1. The maximum atomic E-state index is 11.6. The van der Waals surface area contributed by atoms with Crippen LogP contribution in [0.4, 0.5) is 10.5 Å². The van der Waals surface area contributed by atoms with Crippen LogP contribution in [-0.2, 0) is 9.59 Å². The molecule has 0 saturated carbocycles. The van der Waals surface area contributed by atoms with Crippen LogP contribution in [0, 0.1) is 0 Å². The van der Waals surface area contributed by atoms with Gasteiger partial charge in [-0.1, -0.05) is 23.7 Å². The number of hydrogen-bond donors (Lipinski definition) is 4. The number of rotatable bonds is 6. The van der Waals surface area contributed by atoms with Gasteiger partial charge >= 0.3 is 18.0 Å². The lowest BCUT2D eigenvalue weighted by Crippen LogP contribution is -2.43. The summed E-state index contributed by atoms with van der Waals surface area (Å²) in [4.78, 5) is 32.9. The summed E-state index contributed by atoms with van der Waals surface area (Å²) >= 11 is 5.83. The monoisotopic (exact) mass is 300 g/mol. The van der Waals surface area contributed by atoms with Gasteiger partial charge in [0.25, 0.3) is 0 Å². The number of hydrogen-bond acceptors (Lipinski definition) is 3. The van der Waals surface area contributed by atoms with Crippen LogP contribution in [-0.4, -0.2) is 34.2 Å². The van der Waals surface area contributed by atoms with Gasteiger partial charge in [-0.2, -0.15) is 0 Å². The quantitative estimate of drug-likeness (QED) is 0.639. The molecule has 0 aliphatic rings. The lowest BCUT2D eigenvalue weighted by molar-refractivity contribution is -0.140. The Balaban J connectivity index is 2.60. The summed E-state index contributed by atoms with van der Waals surface area (Å²) < 4.78 is 0. The molecule has 2 amide bonds. The Morgan fingerprint density at radius 3 is 2.40 bits per heavy atom. The van der Waals surface area contributed by atoms with Crippen LogP contribution in [0.3, 0.4) is 0 Å². The minimum Gasteiger partial charge on any atom is -0.481 e. The van der Waals surface area contributed by atoms with E-state index in [-0.39, 0.29) is 12.8 Å². The Labute approximate surface area is 119 Å². The Kier molecular flexibility index (Phi) is 5.79. The van der Waals surface area contributed by atoms with Gasteiger partial charge in [0.05, 0.1) is 10.7 Å². The predicted octanol–water partition coefficient (Wildman–Crippen LogP) is 1.78. The summed E-state index contributed by atoms with van der Waals surface area (Å²) in [5.74, 6) is -2.44. The molecule has 1 atom stereocenters. The third-order valence-corrected chi connectivity index (χ3v) is 2.70.